The maximum absolute atomic E-state index is 11.5. The van der Waals surface area contributed by atoms with Gasteiger partial charge in [0.1, 0.15) is 0 Å². The third-order valence-corrected chi connectivity index (χ3v) is 3.50. The Morgan fingerprint density at radius 3 is 2.73 bits per heavy atom. The predicted molar refractivity (Wildman–Crippen MR) is 57.7 cm³/mol. The summed E-state index contributed by atoms with van der Waals surface area (Å²) in [5, 5.41) is 9.35. The Kier molecular flexibility index (Phi) is 3.50. The zero-order valence-corrected chi connectivity index (χ0v) is 9.37. The molecular weight excluding hydrogens is 214 g/mol. The van der Waals surface area contributed by atoms with E-state index in [1.54, 1.807) is 0 Å². The SMILES string of the molecule is NC(CC1CC1)C(=O)NSN(O)C1CC1. The first-order valence-electron chi connectivity index (χ1n) is 5.37. The molecule has 1 atom stereocenters. The van der Waals surface area contributed by atoms with E-state index in [0.29, 0.717) is 5.92 Å². The standard InChI is InChI=1S/C9H17N3O2S/c10-8(5-6-1-2-6)9(13)11-15-12(14)7-3-4-7/h6-8,14H,1-5,10H2,(H,11,13). The Hall–Kier alpha value is -0.300. The van der Waals surface area contributed by atoms with Gasteiger partial charge >= 0.3 is 0 Å². The van der Waals surface area contributed by atoms with Crippen molar-refractivity contribution in [2.45, 2.75) is 44.2 Å². The van der Waals surface area contributed by atoms with Gasteiger partial charge in [-0.1, -0.05) is 12.8 Å². The summed E-state index contributed by atoms with van der Waals surface area (Å²) >= 11 is 0.940. The summed E-state index contributed by atoms with van der Waals surface area (Å²) in [6.45, 7) is 0. The lowest BCUT2D eigenvalue weighted by molar-refractivity contribution is -0.120. The minimum Gasteiger partial charge on any atom is -0.320 e. The second kappa shape index (κ2) is 4.69. The fourth-order valence-electron chi connectivity index (χ4n) is 1.36. The van der Waals surface area contributed by atoms with Gasteiger partial charge in [0.2, 0.25) is 5.91 Å². The van der Waals surface area contributed by atoms with E-state index >= 15 is 0 Å². The first-order chi connectivity index (χ1) is 7.16. The van der Waals surface area contributed by atoms with Gasteiger partial charge in [-0.3, -0.25) is 9.52 Å². The molecule has 2 aliphatic carbocycles. The van der Waals surface area contributed by atoms with Crippen molar-refractivity contribution in [3.8, 4) is 0 Å². The maximum atomic E-state index is 11.5. The van der Waals surface area contributed by atoms with Crippen LogP contribution in [-0.4, -0.2) is 27.7 Å². The Labute approximate surface area is 93.6 Å². The van der Waals surface area contributed by atoms with E-state index in [1.165, 1.54) is 12.8 Å². The molecule has 0 radical (unpaired) electrons. The van der Waals surface area contributed by atoms with Gasteiger partial charge in [0.05, 0.1) is 18.2 Å². The van der Waals surface area contributed by atoms with Crippen molar-refractivity contribution in [2.75, 3.05) is 0 Å². The molecule has 0 heterocycles. The van der Waals surface area contributed by atoms with E-state index in [0.717, 1.165) is 35.9 Å². The minimum absolute atomic E-state index is 0.188. The summed E-state index contributed by atoms with van der Waals surface area (Å²) in [5.41, 5.74) is 5.71. The maximum Gasteiger partial charge on any atom is 0.247 e. The molecule has 86 valence electrons. The van der Waals surface area contributed by atoms with Crippen LogP contribution in [0.5, 0.6) is 0 Å². The van der Waals surface area contributed by atoms with Crippen molar-refractivity contribution >= 4 is 18.0 Å². The number of nitrogens with zero attached hydrogens (tertiary/aromatic N) is 1. The van der Waals surface area contributed by atoms with E-state index in [9.17, 15) is 10.0 Å². The average molecular weight is 231 g/mol. The number of hydrogen-bond acceptors (Lipinski definition) is 5. The summed E-state index contributed by atoms with van der Waals surface area (Å²) in [4.78, 5) is 11.5. The molecule has 2 rings (SSSR count). The fraction of sp³-hybridized carbons (Fsp3) is 0.889. The van der Waals surface area contributed by atoms with Gasteiger partial charge in [-0.25, -0.2) is 0 Å². The van der Waals surface area contributed by atoms with Gasteiger partial charge in [0, 0.05) is 6.04 Å². The van der Waals surface area contributed by atoms with Crippen LogP contribution in [-0.2, 0) is 4.79 Å². The van der Waals surface area contributed by atoms with Crippen LogP contribution in [0.2, 0.25) is 0 Å². The molecule has 0 bridgehead atoms. The molecule has 1 unspecified atom stereocenters. The highest BCUT2D eigenvalue weighted by Crippen LogP contribution is 2.33. The Morgan fingerprint density at radius 2 is 2.20 bits per heavy atom. The molecule has 2 fully saturated rings. The molecule has 4 N–H and O–H groups in total. The van der Waals surface area contributed by atoms with Crippen LogP contribution in [0.4, 0.5) is 0 Å². The highest BCUT2D eigenvalue weighted by molar-refractivity contribution is 7.95. The van der Waals surface area contributed by atoms with Crippen LogP contribution < -0.4 is 10.5 Å². The fourth-order valence-corrected chi connectivity index (χ4v) is 2.05. The summed E-state index contributed by atoms with van der Waals surface area (Å²) in [7, 11) is 0. The largest absolute Gasteiger partial charge is 0.320 e. The van der Waals surface area contributed by atoms with Crippen LogP contribution in [0.15, 0.2) is 0 Å². The highest BCUT2D eigenvalue weighted by Gasteiger charge is 2.30. The van der Waals surface area contributed by atoms with E-state index < -0.39 is 6.04 Å². The predicted octanol–water partition coefficient (Wildman–Crippen LogP) is 0.647. The van der Waals surface area contributed by atoms with Gasteiger partial charge in [0.15, 0.2) is 0 Å². The number of hydroxylamine groups is 1. The number of carbonyl (C=O) groups excluding carboxylic acids is 1. The molecule has 6 heteroatoms. The third-order valence-electron chi connectivity index (χ3n) is 2.72. The van der Waals surface area contributed by atoms with Crippen LogP contribution >= 0.6 is 12.1 Å². The molecular formula is C9H17N3O2S. The Bertz CT molecular complexity index is 244. The molecule has 2 aliphatic rings. The summed E-state index contributed by atoms with van der Waals surface area (Å²) in [6.07, 6.45) is 5.15. The van der Waals surface area contributed by atoms with Gasteiger partial charge in [-0.15, -0.1) is 4.47 Å². The second-order valence-electron chi connectivity index (χ2n) is 4.38. The molecule has 0 aromatic carbocycles. The molecule has 0 spiro atoms. The van der Waals surface area contributed by atoms with Crippen molar-refractivity contribution < 1.29 is 10.0 Å². The normalized spacial score (nSPS) is 22.9. The topological polar surface area (TPSA) is 78.6 Å². The van der Waals surface area contributed by atoms with Crippen molar-refractivity contribution in [3.63, 3.8) is 0 Å². The van der Waals surface area contributed by atoms with Gasteiger partial charge < -0.3 is 10.9 Å². The first kappa shape index (κ1) is 11.2. The lowest BCUT2D eigenvalue weighted by Crippen LogP contribution is -2.39. The molecule has 0 saturated heterocycles. The Morgan fingerprint density at radius 1 is 1.53 bits per heavy atom. The molecule has 2 saturated carbocycles. The van der Waals surface area contributed by atoms with Crippen LogP contribution in [0.1, 0.15) is 32.1 Å². The van der Waals surface area contributed by atoms with Crippen LogP contribution in [0.25, 0.3) is 0 Å². The van der Waals surface area contributed by atoms with E-state index in [4.69, 9.17) is 5.73 Å². The summed E-state index contributed by atoms with van der Waals surface area (Å²) in [5.74, 6) is 0.455. The quantitative estimate of drug-likeness (QED) is 0.462. The minimum atomic E-state index is -0.433. The van der Waals surface area contributed by atoms with Crippen molar-refractivity contribution in [1.82, 2.24) is 9.19 Å². The molecule has 0 aromatic heterocycles. The van der Waals surface area contributed by atoms with Gasteiger partial charge in [0.25, 0.3) is 0 Å². The van der Waals surface area contributed by atoms with Crippen molar-refractivity contribution in [3.05, 3.63) is 0 Å². The first-order valence-corrected chi connectivity index (χ1v) is 6.14. The number of hydrogen-bond donors (Lipinski definition) is 3. The Balaban J connectivity index is 1.61. The molecule has 1 amide bonds. The number of nitrogens with two attached hydrogens (primary N) is 1. The van der Waals surface area contributed by atoms with Crippen molar-refractivity contribution in [1.29, 1.82) is 0 Å². The van der Waals surface area contributed by atoms with E-state index in [1.807, 2.05) is 0 Å². The van der Waals surface area contributed by atoms with Gasteiger partial charge in [-0.05, 0) is 25.2 Å². The lowest BCUT2D eigenvalue weighted by atomic mass is 10.1. The highest BCUT2D eigenvalue weighted by atomic mass is 32.2. The number of carbonyl (C=O) groups is 1. The average Bonchev–Trinajstić information content (AvgIpc) is 3.01. The summed E-state index contributed by atoms with van der Waals surface area (Å²) < 4.78 is 3.66. The second-order valence-corrected chi connectivity index (χ2v) is 5.14. The molecule has 0 aliphatic heterocycles. The molecule has 15 heavy (non-hydrogen) atoms. The van der Waals surface area contributed by atoms with Crippen LogP contribution in [0.3, 0.4) is 0 Å². The smallest absolute Gasteiger partial charge is 0.247 e. The zero-order chi connectivity index (χ0) is 10.8. The molecule has 5 nitrogen and oxygen atoms in total. The molecule has 0 aromatic rings. The number of amides is 1. The number of nitrogens with one attached hydrogen (secondary N) is 1. The van der Waals surface area contributed by atoms with E-state index in [-0.39, 0.29) is 11.9 Å². The lowest BCUT2D eigenvalue weighted by Gasteiger charge is -2.15. The monoisotopic (exact) mass is 231 g/mol. The third kappa shape index (κ3) is 3.64. The zero-order valence-electron chi connectivity index (χ0n) is 8.56. The van der Waals surface area contributed by atoms with Crippen molar-refractivity contribution in [2.24, 2.45) is 11.7 Å². The van der Waals surface area contributed by atoms with Gasteiger partial charge in [-0.2, -0.15) is 0 Å². The van der Waals surface area contributed by atoms with E-state index in [2.05, 4.69) is 4.72 Å². The van der Waals surface area contributed by atoms with Crippen LogP contribution in [0, 0.1) is 5.92 Å². The number of rotatable bonds is 6. The summed E-state index contributed by atoms with van der Waals surface area (Å²) in [6, 6.07) is -0.229.